The maximum atomic E-state index is 13.7. The molecule has 10 nitrogen and oxygen atoms in total. The lowest BCUT2D eigenvalue weighted by molar-refractivity contribution is -0.152. The summed E-state index contributed by atoms with van der Waals surface area (Å²) in [5, 5.41) is 14.1. The Bertz CT molecular complexity index is 1580. The second kappa shape index (κ2) is 13.5. The smallest absolute Gasteiger partial charge is 0.347 e. The predicted molar refractivity (Wildman–Crippen MR) is 163 cm³/mol. The molecule has 0 spiro atoms. The van der Waals surface area contributed by atoms with E-state index in [-0.39, 0.29) is 12.2 Å². The van der Waals surface area contributed by atoms with Crippen molar-refractivity contribution in [3.05, 3.63) is 99.2 Å². The van der Waals surface area contributed by atoms with Crippen molar-refractivity contribution in [2.45, 2.75) is 58.7 Å². The minimum atomic E-state index is -1.32. The van der Waals surface area contributed by atoms with Crippen molar-refractivity contribution in [1.29, 1.82) is 0 Å². The number of carboxylic acid groups (broad SMARTS) is 1. The molecule has 0 saturated heterocycles. The summed E-state index contributed by atoms with van der Waals surface area (Å²) in [6.45, 7) is 5.61. The Kier molecular flexibility index (Phi) is 9.80. The van der Waals surface area contributed by atoms with Gasteiger partial charge in [0.25, 0.3) is 0 Å². The Morgan fingerprint density at radius 3 is 2.00 bits per heavy atom. The van der Waals surface area contributed by atoms with Gasteiger partial charge in [-0.3, -0.25) is 4.57 Å². The molecule has 4 rings (SSSR count). The molecule has 4 aromatic rings. The van der Waals surface area contributed by atoms with Crippen molar-refractivity contribution >= 4 is 5.97 Å². The number of aryl methyl sites for hydroxylation is 3. The molecule has 1 heterocycles. The Balaban J connectivity index is 1.59. The first kappa shape index (κ1) is 31.2. The quantitative estimate of drug-likeness (QED) is 0.221. The molecule has 1 aromatic heterocycles. The molecule has 0 aliphatic heterocycles. The number of aliphatic carboxylic acids is 1. The number of benzene rings is 3. The molecule has 43 heavy (non-hydrogen) atoms. The van der Waals surface area contributed by atoms with Crippen LogP contribution in [0.5, 0.6) is 23.0 Å². The standard InChI is InChI=1S/C33H39N3O7/c1-22-10-12-24(13-11-22)20-36-32(39)35(21-27-28(41-5)18-26(40-4)19-29(27)42-6)30(34-36)9-7-8-23-14-16-25(17-15-23)43-33(2,3)31(37)38/h10-19H,7-9,20-21H2,1-6H3,(H,37,38). The van der Waals surface area contributed by atoms with Gasteiger partial charge in [0.2, 0.25) is 0 Å². The van der Waals surface area contributed by atoms with E-state index in [4.69, 9.17) is 24.0 Å². The van der Waals surface area contributed by atoms with Crippen LogP contribution in [0.1, 0.15) is 48.3 Å². The van der Waals surface area contributed by atoms with E-state index >= 15 is 0 Å². The average molecular weight is 590 g/mol. The van der Waals surface area contributed by atoms with Crippen LogP contribution in [-0.2, 0) is 30.7 Å². The van der Waals surface area contributed by atoms with Crippen molar-refractivity contribution in [2.75, 3.05) is 21.3 Å². The second-order valence-electron chi connectivity index (χ2n) is 10.9. The van der Waals surface area contributed by atoms with Gasteiger partial charge in [0, 0.05) is 18.6 Å². The summed E-state index contributed by atoms with van der Waals surface area (Å²) < 4.78 is 25.5. The maximum absolute atomic E-state index is 13.7. The van der Waals surface area contributed by atoms with Crippen molar-refractivity contribution in [2.24, 2.45) is 0 Å². The number of carbonyl (C=O) groups is 1. The number of methoxy groups -OCH3 is 3. The van der Waals surface area contributed by atoms with Crippen LogP contribution in [0.25, 0.3) is 0 Å². The molecular formula is C33H39N3O7. The van der Waals surface area contributed by atoms with Gasteiger partial charge >= 0.3 is 11.7 Å². The highest BCUT2D eigenvalue weighted by Crippen LogP contribution is 2.34. The number of ether oxygens (including phenoxy) is 4. The van der Waals surface area contributed by atoms with Gasteiger partial charge in [0.05, 0.1) is 40.0 Å². The third-order valence-electron chi connectivity index (χ3n) is 7.26. The van der Waals surface area contributed by atoms with Gasteiger partial charge in [0.1, 0.15) is 28.8 Å². The molecule has 0 saturated carbocycles. The van der Waals surface area contributed by atoms with Crippen LogP contribution in [0.15, 0.2) is 65.5 Å². The normalized spacial score (nSPS) is 11.3. The molecule has 0 bridgehead atoms. The van der Waals surface area contributed by atoms with E-state index in [1.165, 1.54) is 18.5 Å². The van der Waals surface area contributed by atoms with E-state index in [0.29, 0.717) is 47.4 Å². The van der Waals surface area contributed by atoms with E-state index in [9.17, 15) is 14.7 Å². The summed E-state index contributed by atoms with van der Waals surface area (Å²) in [6.07, 6.45) is 2.02. The van der Waals surface area contributed by atoms with Crippen molar-refractivity contribution in [3.8, 4) is 23.0 Å². The molecule has 0 unspecified atom stereocenters. The minimum absolute atomic E-state index is 0.212. The lowest BCUT2D eigenvalue weighted by atomic mass is 10.1. The van der Waals surface area contributed by atoms with E-state index in [0.717, 1.165) is 29.5 Å². The van der Waals surface area contributed by atoms with Crippen molar-refractivity contribution < 1.29 is 28.8 Å². The number of hydrogen-bond acceptors (Lipinski definition) is 7. The predicted octanol–water partition coefficient (Wildman–Crippen LogP) is 4.89. The van der Waals surface area contributed by atoms with Crippen LogP contribution < -0.4 is 24.6 Å². The zero-order valence-corrected chi connectivity index (χ0v) is 25.5. The maximum Gasteiger partial charge on any atom is 0.347 e. The van der Waals surface area contributed by atoms with E-state index in [2.05, 4.69) is 0 Å². The zero-order valence-electron chi connectivity index (χ0n) is 25.5. The summed E-state index contributed by atoms with van der Waals surface area (Å²) in [5.41, 5.74) is 2.36. The lowest BCUT2D eigenvalue weighted by Crippen LogP contribution is -2.37. The van der Waals surface area contributed by atoms with Gasteiger partial charge in [-0.05, 0) is 56.9 Å². The summed E-state index contributed by atoms with van der Waals surface area (Å²) in [7, 11) is 4.71. The number of carboxylic acids is 1. The fraction of sp³-hybridized carbons (Fsp3) is 0.364. The van der Waals surface area contributed by atoms with Gasteiger partial charge < -0.3 is 24.1 Å². The van der Waals surface area contributed by atoms with Gasteiger partial charge in [-0.1, -0.05) is 42.0 Å². The van der Waals surface area contributed by atoms with Gasteiger partial charge in [-0.25, -0.2) is 14.3 Å². The summed E-state index contributed by atoms with van der Waals surface area (Å²) in [5.74, 6) is 1.79. The SMILES string of the molecule is COc1cc(OC)c(Cn2c(CCCc3ccc(OC(C)(C)C(=O)O)cc3)nn(Cc3ccc(C)cc3)c2=O)c(OC)c1. The zero-order chi connectivity index (χ0) is 31.1. The average Bonchev–Trinajstić information content (AvgIpc) is 3.28. The monoisotopic (exact) mass is 589 g/mol. The highest BCUT2D eigenvalue weighted by molar-refractivity contribution is 5.76. The first-order valence-electron chi connectivity index (χ1n) is 14.1. The minimum Gasteiger partial charge on any atom is -0.496 e. The lowest BCUT2D eigenvalue weighted by Gasteiger charge is -2.21. The molecular weight excluding hydrogens is 550 g/mol. The fourth-order valence-corrected chi connectivity index (χ4v) is 4.70. The van der Waals surface area contributed by atoms with Gasteiger partial charge in [-0.15, -0.1) is 0 Å². The Labute approximate surface area is 251 Å². The number of aromatic nitrogens is 3. The topological polar surface area (TPSA) is 114 Å². The second-order valence-corrected chi connectivity index (χ2v) is 10.9. The molecule has 1 N–H and O–H groups in total. The van der Waals surface area contributed by atoms with Crippen molar-refractivity contribution in [1.82, 2.24) is 14.3 Å². The highest BCUT2D eigenvalue weighted by Gasteiger charge is 2.29. The van der Waals surface area contributed by atoms with Gasteiger partial charge in [0.15, 0.2) is 5.60 Å². The van der Waals surface area contributed by atoms with Crippen LogP contribution in [0.2, 0.25) is 0 Å². The van der Waals surface area contributed by atoms with E-state index < -0.39 is 11.6 Å². The molecule has 0 aliphatic carbocycles. The van der Waals surface area contributed by atoms with Crippen LogP contribution in [-0.4, -0.2) is 52.4 Å². The van der Waals surface area contributed by atoms with E-state index in [1.54, 1.807) is 50.2 Å². The van der Waals surface area contributed by atoms with E-state index in [1.807, 2.05) is 43.3 Å². The Hall–Kier alpha value is -4.73. The molecule has 0 fully saturated rings. The van der Waals surface area contributed by atoms with Gasteiger partial charge in [-0.2, -0.15) is 5.10 Å². The van der Waals surface area contributed by atoms with Crippen LogP contribution in [0.4, 0.5) is 0 Å². The molecule has 0 atom stereocenters. The molecule has 0 radical (unpaired) electrons. The van der Waals surface area contributed by atoms with Crippen LogP contribution in [0, 0.1) is 6.92 Å². The molecule has 10 heteroatoms. The molecule has 228 valence electrons. The summed E-state index contributed by atoms with van der Waals surface area (Å²) in [4.78, 5) is 25.1. The number of nitrogens with zero attached hydrogens (tertiary/aromatic N) is 3. The number of hydrogen-bond donors (Lipinski definition) is 1. The third kappa shape index (κ3) is 7.57. The molecule has 0 aliphatic rings. The third-order valence-corrected chi connectivity index (χ3v) is 7.26. The Morgan fingerprint density at radius 1 is 0.837 bits per heavy atom. The Morgan fingerprint density at radius 2 is 1.44 bits per heavy atom. The summed E-state index contributed by atoms with van der Waals surface area (Å²) in [6, 6.07) is 19.0. The number of rotatable bonds is 14. The fourth-order valence-electron chi connectivity index (χ4n) is 4.70. The first-order valence-corrected chi connectivity index (χ1v) is 14.1. The summed E-state index contributed by atoms with van der Waals surface area (Å²) >= 11 is 0. The van der Waals surface area contributed by atoms with Crippen LogP contribution >= 0.6 is 0 Å². The van der Waals surface area contributed by atoms with Crippen LogP contribution in [0.3, 0.4) is 0 Å². The largest absolute Gasteiger partial charge is 0.496 e. The highest BCUT2D eigenvalue weighted by atomic mass is 16.5. The molecule has 0 amide bonds. The first-order chi connectivity index (χ1) is 20.5. The van der Waals surface area contributed by atoms with Crippen molar-refractivity contribution in [3.63, 3.8) is 0 Å². The molecule has 3 aromatic carbocycles.